The highest BCUT2D eigenvalue weighted by molar-refractivity contribution is 8.01. The monoisotopic (exact) mass is 418 g/mol. The van der Waals surface area contributed by atoms with E-state index in [1.54, 1.807) is 6.07 Å². The number of anilines is 1. The molecule has 152 valence electrons. The Morgan fingerprint density at radius 1 is 1.24 bits per heavy atom. The van der Waals surface area contributed by atoms with Gasteiger partial charge in [-0.05, 0) is 25.1 Å². The van der Waals surface area contributed by atoms with E-state index in [2.05, 4.69) is 0 Å². The molecule has 1 spiro atoms. The number of benzene rings is 2. The largest absolute Gasteiger partial charge is 0.375 e. The van der Waals surface area contributed by atoms with E-state index in [9.17, 15) is 18.4 Å². The van der Waals surface area contributed by atoms with Gasteiger partial charge < -0.3 is 14.5 Å². The minimum absolute atomic E-state index is 0.140. The zero-order valence-corrected chi connectivity index (χ0v) is 16.9. The molecule has 1 fully saturated rings. The summed E-state index contributed by atoms with van der Waals surface area (Å²) in [5.41, 5.74) is 1.99. The van der Waals surface area contributed by atoms with E-state index < -0.39 is 16.5 Å². The lowest BCUT2D eigenvalue weighted by atomic mass is 10.0. The van der Waals surface area contributed by atoms with Crippen LogP contribution in [0.4, 0.5) is 14.5 Å². The van der Waals surface area contributed by atoms with Crippen LogP contribution < -0.4 is 4.90 Å². The maximum absolute atomic E-state index is 14.3. The van der Waals surface area contributed by atoms with Crippen molar-refractivity contribution in [3.8, 4) is 0 Å². The number of nitrogens with zero attached hydrogens (tertiary/aromatic N) is 2. The number of ether oxygens (including phenoxy) is 1. The third kappa shape index (κ3) is 3.02. The first-order valence-electron chi connectivity index (χ1n) is 9.19. The Morgan fingerprint density at radius 2 is 1.97 bits per heavy atom. The number of hydrogen-bond donors (Lipinski definition) is 0. The molecule has 2 heterocycles. The Balaban J connectivity index is 1.83. The normalized spacial score (nSPS) is 20.6. The predicted molar refractivity (Wildman–Crippen MR) is 106 cm³/mol. The van der Waals surface area contributed by atoms with Gasteiger partial charge in [-0.3, -0.25) is 9.59 Å². The minimum atomic E-state index is -1.24. The van der Waals surface area contributed by atoms with E-state index in [1.807, 2.05) is 19.1 Å². The van der Waals surface area contributed by atoms with Gasteiger partial charge >= 0.3 is 0 Å². The first-order valence-corrected chi connectivity index (χ1v) is 10.2. The van der Waals surface area contributed by atoms with Crippen molar-refractivity contribution >= 4 is 29.3 Å². The van der Waals surface area contributed by atoms with E-state index in [-0.39, 0.29) is 30.5 Å². The summed E-state index contributed by atoms with van der Waals surface area (Å²) in [5.74, 6) is -1.50. The van der Waals surface area contributed by atoms with Crippen molar-refractivity contribution in [2.24, 2.45) is 0 Å². The number of fused-ring (bicyclic) bond motifs is 2. The van der Waals surface area contributed by atoms with Gasteiger partial charge in [0.05, 0.1) is 12.2 Å². The number of carbonyl (C=O) groups is 2. The third-order valence-electron chi connectivity index (χ3n) is 5.30. The summed E-state index contributed by atoms with van der Waals surface area (Å²) in [7, 11) is 1.43. The second-order valence-electron chi connectivity index (χ2n) is 7.08. The molecule has 2 aromatic rings. The zero-order chi connectivity index (χ0) is 20.8. The maximum Gasteiger partial charge on any atom is 0.268 e. The molecule has 0 saturated carbocycles. The standard InChI is InChI=1S/C21H20F2N2O3S/c1-13-6-7-18-15(10-13)21(25(8-9-29-21)19(26)12-28-2)20(27)24(18)11-14-16(22)4-3-5-17(14)23/h3-7,10H,8-9,11-12H2,1-2H3. The van der Waals surface area contributed by atoms with E-state index in [1.165, 1.54) is 46.9 Å². The molecular weight excluding hydrogens is 398 g/mol. The SMILES string of the molecule is COCC(=O)N1CCSC12C(=O)N(Cc1c(F)cccc1F)c1ccc(C)cc12. The van der Waals surface area contributed by atoms with E-state index in [4.69, 9.17) is 4.74 Å². The molecule has 2 aliphatic heterocycles. The molecule has 4 rings (SSSR count). The van der Waals surface area contributed by atoms with Gasteiger partial charge in [0.2, 0.25) is 5.91 Å². The number of aryl methyl sites for hydroxylation is 1. The predicted octanol–water partition coefficient (Wildman–Crippen LogP) is 3.19. The summed E-state index contributed by atoms with van der Waals surface area (Å²) in [6, 6.07) is 9.12. The summed E-state index contributed by atoms with van der Waals surface area (Å²) >= 11 is 1.37. The maximum atomic E-state index is 14.3. The summed E-state index contributed by atoms with van der Waals surface area (Å²) < 4.78 is 33.6. The lowest BCUT2D eigenvalue weighted by molar-refractivity contribution is -0.143. The quantitative estimate of drug-likeness (QED) is 0.765. The lowest BCUT2D eigenvalue weighted by Gasteiger charge is -2.33. The average Bonchev–Trinajstić information content (AvgIpc) is 3.22. The number of rotatable bonds is 4. The number of hydrogen-bond acceptors (Lipinski definition) is 4. The molecule has 8 heteroatoms. The smallest absolute Gasteiger partial charge is 0.268 e. The molecule has 0 bridgehead atoms. The fourth-order valence-electron chi connectivity index (χ4n) is 3.98. The van der Waals surface area contributed by atoms with Crippen LogP contribution in [-0.4, -0.2) is 42.7 Å². The van der Waals surface area contributed by atoms with E-state index in [0.717, 1.165) is 5.56 Å². The van der Waals surface area contributed by atoms with Gasteiger partial charge in [0.25, 0.3) is 5.91 Å². The summed E-state index contributed by atoms with van der Waals surface area (Å²) in [6.45, 7) is 1.91. The Labute approximate surface area is 171 Å². The van der Waals surface area contributed by atoms with Gasteiger partial charge in [-0.2, -0.15) is 0 Å². The summed E-state index contributed by atoms with van der Waals surface area (Å²) in [6.07, 6.45) is 0. The fraction of sp³-hybridized carbons (Fsp3) is 0.333. The highest BCUT2D eigenvalue weighted by Gasteiger charge is 2.59. The van der Waals surface area contributed by atoms with E-state index >= 15 is 0 Å². The Hall–Kier alpha value is -2.45. The molecule has 1 saturated heterocycles. The molecule has 1 atom stereocenters. The molecule has 2 amide bonds. The van der Waals surface area contributed by atoms with Gasteiger partial charge in [-0.1, -0.05) is 23.8 Å². The van der Waals surface area contributed by atoms with Gasteiger partial charge in [-0.25, -0.2) is 8.78 Å². The van der Waals surface area contributed by atoms with Crippen LogP contribution in [-0.2, 0) is 25.7 Å². The Morgan fingerprint density at radius 3 is 2.66 bits per heavy atom. The van der Waals surface area contributed by atoms with Gasteiger partial charge in [0.15, 0.2) is 4.87 Å². The van der Waals surface area contributed by atoms with Crippen molar-refractivity contribution in [2.75, 3.05) is 30.9 Å². The highest BCUT2D eigenvalue weighted by atomic mass is 32.2. The van der Waals surface area contributed by atoms with Crippen molar-refractivity contribution in [2.45, 2.75) is 18.3 Å². The van der Waals surface area contributed by atoms with Crippen LogP contribution >= 0.6 is 11.8 Å². The lowest BCUT2D eigenvalue weighted by Crippen LogP contribution is -2.51. The minimum Gasteiger partial charge on any atom is -0.375 e. The molecular formula is C21H20F2N2O3S. The van der Waals surface area contributed by atoms with Gasteiger partial charge in [0.1, 0.15) is 18.2 Å². The second-order valence-corrected chi connectivity index (χ2v) is 8.37. The molecule has 0 aliphatic carbocycles. The van der Waals surface area contributed by atoms with Gasteiger partial charge in [-0.15, -0.1) is 11.8 Å². The average molecular weight is 418 g/mol. The van der Waals surface area contributed by atoms with Crippen molar-refractivity contribution in [1.82, 2.24) is 4.90 Å². The van der Waals surface area contributed by atoms with E-state index in [0.29, 0.717) is 23.5 Å². The van der Waals surface area contributed by atoms with Crippen molar-refractivity contribution < 1.29 is 23.1 Å². The first kappa shape index (κ1) is 19.8. The van der Waals surface area contributed by atoms with Crippen LogP contribution in [0.2, 0.25) is 0 Å². The van der Waals surface area contributed by atoms with Gasteiger partial charge in [0, 0.05) is 30.5 Å². The molecule has 0 N–H and O–H groups in total. The summed E-state index contributed by atoms with van der Waals surface area (Å²) in [4.78, 5) is 28.1. The van der Waals surface area contributed by atoms with Crippen molar-refractivity contribution in [3.63, 3.8) is 0 Å². The Kier molecular flexibility index (Phi) is 5.08. The van der Waals surface area contributed by atoms with Crippen LogP contribution in [0.3, 0.4) is 0 Å². The zero-order valence-electron chi connectivity index (χ0n) is 16.1. The number of halogens is 2. The molecule has 0 aromatic heterocycles. The molecule has 2 aliphatic rings. The topological polar surface area (TPSA) is 49.9 Å². The third-order valence-corrected chi connectivity index (χ3v) is 6.72. The molecule has 29 heavy (non-hydrogen) atoms. The number of methoxy groups -OCH3 is 1. The number of carbonyl (C=O) groups excluding carboxylic acids is 2. The van der Waals surface area contributed by atoms with Crippen molar-refractivity contribution in [1.29, 1.82) is 0 Å². The molecule has 0 radical (unpaired) electrons. The molecule has 1 unspecified atom stereocenters. The summed E-state index contributed by atoms with van der Waals surface area (Å²) in [5, 5.41) is 0. The van der Waals surface area contributed by atoms with Crippen LogP contribution in [0.25, 0.3) is 0 Å². The number of thioether (sulfide) groups is 1. The molecule has 5 nitrogen and oxygen atoms in total. The van der Waals surface area contributed by atoms with Crippen LogP contribution in [0.5, 0.6) is 0 Å². The Bertz CT molecular complexity index is 980. The number of amides is 2. The van der Waals surface area contributed by atoms with Crippen LogP contribution in [0.15, 0.2) is 36.4 Å². The first-order chi connectivity index (χ1) is 13.9. The van der Waals surface area contributed by atoms with Crippen molar-refractivity contribution in [3.05, 3.63) is 64.7 Å². The highest BCUT2D eigenvalue weighted by Crippen LogP contribution is 2.54. The second kappa shape index (κ2) is 7.42. The van der Waals surface area contributed by atoms with Crippen LogP contribution in [0, 0.1) is 18.6 Å². The fourth-order valence-corrected chi connectivity index (χ4v) is 5.46. The van der Waals surface area contributed by atoms with Crippen LogP contribution in [0.1, 0.15) is 16.7 Å². The molecule has 2 aromatic carbocycles.